The summed E-state index contributed by atoms with van der Waals surface area (Å²) in [5.41, 5.74) is 1.35. The first-order valence-corrected chi connectivity index (χ1v) is 9.62. The maximum atomic E-state index is 11.8. The molecule has 2 heterocycles. The number of benzene rings is 1. The van der Waals surface area contributed by atoms with E-state index in [1.54, 1.807) is 6.07 Å². The van der Waals surface area contributed by atoms with E-state index in [-0.39, 0.29) is 22.2 Å². The SMILES string of the molecule is CCn1c(S[C@H]2C[C@H](C)OC2=O)nc2cc(S(N)(=O)=O)ccc21. The molecule has 2 N–H and O–H groups in total. The lowest BCUT2D eigenvalue weighted by molar-refractivity contribution is -0.140. The number of cyclic esters (lactones) is 1. The van der Waals surface area contributed by atoms with Gasteiger partial charge in [0.25, 0.3) is 0 Å². The second-order valence-electron chi connectivity index (χ2n) is 5.42. The number of ether oxygens (including phenoxy) is 1. The molecule has 0 bridgehead atoms. The number of hydrogen-bond donors (Lipinski definition) is 1. The summed E-state index contributed by atoms with van der Waals surface area (Å²) in [5.74, 6) is -0.234. The molecule has 9 heteroatoms. The Morgan fingerprint density at radius 1 is 1.48 bits per heavy atom. The number of thioether (sulfide) groups is 1. The highest BCUT2D eigenvalue weighted by molar-refractivity contribution is 8.00. The third-order valence-electron chi connectivity index (χ3n) is 3.70. The van der Waals surface area contributed by atoms with Crippen molar-refractivity contribution in [2.75, 3.05) is 0 Å². The summed E-state index contributed by atoms with van der Waals surface area (Å²) < 4.78 is 30.1. The molecule has 0 spiro atoms. The molecule has 0 aliphatic carbocycles. The fourth-order valence-electron chi connectivity index (χ4n) is 2.60. The van der Waals surface area contributed by atoms with Crippen molar-refractivity contribution in [1.29, 1.82) is 0 Å². The first kappa shape index (κ1) is 16.3. The van der Waals surface area contributed by atoms with Crippen molar-refractivity contribution in [3.63, 3.8) is 0 Å². The van der Waals surface area contributed by atoms with Gasteiger partial charge < -0.3 is 9.30 Å². The Balaban J connectivity index is 2.02. The molecule has 23 heavy (non-hydrogen) atoms. The number of imidazole rings is 1. The Kier molecular flexibility index (Phi) is 4.11. The number of carbonyl (C=O) groups is 1. The monoisotopic (exact) mass is 355 g/mol. The van der Waals surface area contributed by atoms with Crippen LogP contribution in [0.15, 0.2) is 28.3 Å². The van der Waals surface area contributed by atoms with Gasteiger partial charge >= 0.3 is 5.97 Å². The molecular weight excluding hydrogens is 338 g/mol. The average molecular weight is 355 g/mol. The van der Waals surface area contributed by atoms with Crippen LogP contribution in [0.4, 0.5) is 0 Å². The topological polar surface area (TPSA) is 104 Å². The standard InChI is InChI=1S/C14H17N3O4S2/c1-3-17-11-5-4-9(23(15,19)20)7-10(11)16-14(17)22-12-6-8(2)21-13(12)18/h4-5,7-8,12H,3,6H2,1-2H3,(H2,15,19,20)/t8-,12-/m0/s1. The van der Waals surface area contributed by atoms with Crippen molar-refractivity contribution in [1.82, 2.24) is 9.55 Å². The molecule has 0 radical (unpaired) electrons. The van der Waals surface area contributed by atoms with E-state index >= 15 is 0 Å². The zero-order valence-electron chi connectivity index (χ0n) is 12.7. The molecule has 1 aromatic carbocycles. The fourth-order valence-corrected chi connectivity index (χ4v) is 4.42. The van der Waals surface area contributed by atoms with Gasteiger partial charge in [-0.3, -0.25) is 4.79 Å². The van der Waals surface area contributed by atoms with E-state index < -0.39 is 10.0 Å². The lowest BCUT2D eigenvalue weighted by Crippen LogP contribution is -2.11. The zero-order chi connectivity index (χ0) is 16.8. The molecule has 2 aromatic rings. The van der Waals surface area contributed by atoms with Gasteiger partial charge in [0.2, 0.25) is 10.0 Å². The number of aryl methyl sites for hydroxylation is 1. The van der Waals surface area contributed by atoms with Gasteiger partial charge in [-0.15, -0.1) is 0 Å². The van der Waals surface area contributed by atoms with E-state index in [9.17, 15) is 13.2 Å². The third kappa shape index (κ3) is 3.08. The highest BCUT2D eigenvalue weighted by atomic mass is 32.2. The molecule has 0 unspecified atom stereocenters. The number of primary sulfonamides is 1. The van der Waals surface area contributed by atoms with Crippen LogP contribution in [0, 0.1) is 0 Å². The minimum absolute atomic E-state index is 0.0243. The minimum atomic E-state index is -3.77. The van der Waals surface area contributed by atoms with Gasteiger partial charge in [0.15, 0.2) is 5.16 Å². The Bertz CT molecular complexity index is 876. The van der Waals surface area contributed by atoms with E-state index in [2.05, 4.69) is 4.98 Å². The number of carbonyl (C=O) groups excluding carboxylic acids is 1. The highest BCUT2D eigenvalue weighted by Gasteiger charge is 2.34. The molecule has 1 aliphatic rings. The molecule has 0 amide bonds. The van der Waals surface area contributed by atoms with Crippen molar-refractivity contribution in [3.05, 3.63) is 18.2 Å². The maximum absolute atomic E-state index is 11.8. The molecule has 1 aromatic heterocycles. The van der Waals surface area contributed by atoms with Gasteiger partial charge in [0.05, 0.1) is 15.9 Å². The van der Waals surface area contributed by atoms with E-state index in [0.717, 1.165) is 5.52 Å². The van der Waals surface area contributed by atoms with E-state index in [4.69, 9.17) is 9.88 Å². The van der Waals surface area contributed by atoms with Crippen molar-refractivity contribution >= 4 is 38.8 Å². The molecule has 3 rings (SSSR count). The van der Waals surface area contributed by atoms with E-state index in [0.29, 0.717) is 23.6 Å². The molecule has 124 valence electrons. The molecule has 1 saturated heterocycles. The second-order valence-corrected chi connectivity index (χ2v) is 8.16. The quantitative estimate of drug-likeness (QED) is 0.834. The summed E-state index contributed by atoms with van der Waals surface area (Å²) in [6.07, 6.45) is 0.548. The van der Waals surface area contributed by atoms with Gasteiger partial charge in [-0.05, 0) is 32.0 Å². The number of nitrogens with two attached hydrogens (primary N) is 1. The largest absolute Gasteiger partial charge is 0.462 e. The number of rotatable bonds is 4. The Morgan fingerprint density at radius 3 is 2.78 bits per heavy atom. The van der Waals surface area contributed by atoms with Gasteiger partial charge in [-0.2, -0.15) is 0 Å². The van der Waals surface area contributed by atoms with Crippen LogP contribution in [0.5, 0.6) is 0 Å². The zero-order valence-corrected chi connectivity index (χ0v) is 14.4. The summed E-state index contributed by atoms with van der Waals surface area (Å²) in [6, 6.07) is 4.60. The van der Waals surface area contributed by atoms with E-state index in [1.807, 2.05) is 18.4 Å². The van der Waals surface area contributed by atoms with Crippen LogP contribution in [0.25, 0.3) is 11.0 Å². The lowest BCUT2D eigenvalue weighted by Gasteiger charge is -2.07. The molecule has 2 atom stereocenters. The predicted octanol–water partition coefficient (Wildman–Crippen LogP) is 1.50. The number of fused-ring (bicyclic) bond motifs is 1. The molecule has 0 saturated carbocycles. The van der Waals surface area contributed by atoms with Crippen LogP contribution >= 0.6 is 11.8 Å². The van der Waals surface area contributed by atoms with Crippen molar-refractivity contribution in [2.45, 2.75) is 48.2 Å². The van der Waals surface area contributed by atoms with Crippen LogP contribution < -0.4 is 5.14 Å². The normalized spacial score (nSPS) is 21.8. The van der Waals surface area contributed by atoms with Crippen molar-refractivity contribution in [2.24, 2.45) is 5.14 Å². The summed E-state index contributed by atoms with van der Waals surface area (Å²) >= 11 is 1.35. The Morgan fingerprint density at radius 2 is 2.22 bits per heavy atom. The van der Waals surface area contributed by atoms with Crippen LogP contribution in [0.3, 0.4) is 0 Å². The smallest absolute Gasteiger partial charge is 0.319 e. The number of sulfonamides is 1. The number of nitrogens with zero attached hydrogens (tertiary/aromatic N) is 2. The number of esters is 1. The highest BCUT2D eigenvalue weighted by Crippen LogP contribution is 2.34. The van der Waals surface area contributed by atoms with Crippen molar-refractivity contribution < 1.29 is 17.9 Å². The summed E-state index contributed by atoms with van der Waals surface area (Å²) in [6.45, 7) is 4.48. The van der Waals surface area contributed by atoms with Crippen LogP contribution in [0.1, 0.15) is 20.3 Å². The van der Waals surface area contributed by atoms with Crippen molar-refractivity contribution in [3.8, 4) is 0 Å². The third-order valence-corrected chi connectivity index (χ3v) is 5.81. The van der Waals surface area contributed by atoms with Gasteiger partial charge in [0, 0.05) is 13.0 Å². The van der Waals surface area contributed by atoms with Crippen LogP contribution in [-0.4, -0.2) is 35.3 Å². The first-order valence-electron chi connectivity index (χ1n) is 7.20. The number of aromatic nitrogens is 2. The first-order chi connectivity index (χ1) is 10.8. The molecule has 1 fully saturated rings. The van der Waals surface area contributed by atoms with Gasteiger partial charge in [-0.1, -0.05) is 11.8 Å². The molecule has 7 nitrogen and oxygen atoms in total. The summed E-state index contributed by atoms with van der Waals surface area (Å²) in [4.78, 5) is 16.3. The Hall–Kier alpha value is -1.58. The van der Waals surface area contributed by atoms with Crippen LogP contribution in [-0.2, 0) is 26.1 Å². The van der Waals surface area contributed by atoms with Gasteiger partial charge in [-0.25, -0.2) is 18.5 Å². The predicted molar refractivity (Wildman–Crippen MR) is 86.6 cm³/mol. The minimum Gasteiger partial charge on any atom is -0.462 e. The van der Waals surface area contributed by atoms with Crippen LogP contribution in [0.2, 0.25) is 0 Å². The summed E-state index contributed by atoms with van der Waals surface area (Å²) in [5, 5.41) is 5.55. The Labute approximate surface area is 138 Å². The second kappa shape index (κ2) is 5.81. The average Bonchev–Trinajstić information content (AvgIpc) is 2.96. The fraction of sp³-hybridized carbons (Fsp3) is 0.429. The summed E-state index contributed by atoms with van der Waals surface area (Å²) in [7, 11) is -3.77. The molecule has 1 aliphatic heterocycles. The lowest BCUT2D eigenvalue weighted by atomic mass is 10.3. The van der Waals surface area contributed by atoms with E-state index in [1.165, 1.54) is 23.9 Å². The van der Waals surface area contributed by atoms with Gasteiger partial charge in [0.1, 0.15) is 11.4 Å². The molecular formula is C14H17N3O4S2. The number of hydrogen-bond acceptors (Lipinski definition) is 6. The maximum Gasteiger partial charge on any atom is 0.319 e.